The van der Waals surface area contributed by atoms with Crippen LogP contribution in [0.3, 0.4) is 0 Å². The minimum Gasteiger partial charge on any atom is -0.486 e. The number of hydrogen-bond acceptors (Lipinski definition) is 8. The highest BCUT2D eigenvalue weighted by Gasteiger charge is 2.38. The first-order chi connectivity index (χ1) is 18.1. The van der Waals surface area contributed by atoms with Crippen LogP contribution in [0, 0.1) is 17.0 Å². The molecular weight excluding hydrogens is 496 g/mol. The van der Waals surface area contributed by atoms with Gasteiger partial charge in [0.1, 0.15) is 18.1 Å². The van der Waals surface area contributed by atoms with Gasteiger partial charge in [0.2, 0.25) is 5.95 Å². The standard InChI is InChI=1S/C26H29F2N7O3/c1-26(2,3)20-14-34(7-8-35(20)25(36)37)16-4-5-21(30-12-16)32-24-31-13-18(28)22(33-24)15-10-17(27)23-19(11-15)29-6-9-38-23/h4-5,10-13,20,29H,6-9,14H2,1-3H3,(H,36,37)(H,30,31,32,33). The van der Waals surface area contributed by atoms with Crippen LogP contribution in [0.2, 0.25) is 0 Å². The zero-order chi connectivity index (χ0) is 27.0. The van der Waals surface area contributed by atoms with Crippen LogP contribution in [0.5, 0.6) is 5.75 Å². The molecule has 1 unspecified atom stereocenters. The van der Waals surface area contributed by atoms with E-state index in [1.165, 1.54) is 11.0 Å². The Kier molecular flexibility index (Phi) is 6.64. The van der Waals surface area contributed by atoms with Crippen molar-refractivity contribution in [3.05, 3.63) is 48.3 Å². The summed E-state index contributed by atoms with van der Waals surface area (Å²) in [5.74, 6) is -0.645. The van der Waals surface area contributed by atoms with Gasteiger partial charge in [0.05, 0.1) is 29.8 Å². The largest absolute Gasteiger partial charge is 0.486 e. The molecule has 38 heavy (non-hydrogen) atoms. The van der Waals surface area contributed by atoms with E-state index in [-0.39, 0.29) is 34.4 Å². The Morgan fingerprint density at radius 2 is 1.97 bits per heavy atom. The Labute approximate surface area is 218 Å². The number of piperazine rings is 1. The number of carbonyl (C=O) groups is 1. The lowest BCUT2D eigenvalue weighted by molar-refractivity contribution is 0.0748. The first-order valence-corrected chi connectivity index (χ1v) is 12.3. The van der Waals surface area contributed by atoms with Crippen molar-refractivity contribution < 1.29 is 23.4 Å². The topological polar surface area (TPSA) is 116 Å². The van der Waals surface area contributed by atoms with Gasteiger partial charge in [-0.05, 0) is 29.7 Å². The van der Waals surface area contributed by atoms with Gasteiger partial charge in [-0.3, -0.25) is 0 Å². The highest BCUT2D eigenvalue weighted by atomic mass is 19.1. The molecule has 10 nitrogen and oxygen atoms in total. The Hall–Kier alpha value is -4.22. The number of carboxylic acid groups (broad SMARTS) is 1. The molecule has 0 radical (unpaired) electrons. The van der Waals surface area contributed by atoms with Crippen molar-refractivity contribution >= 4 is 29.2 Å². The number of hydrogen-bond donors (Lipinski definition) is 3. The number of nitrogens with one attached hydrogen (secondary N) is 2. The quantitative estimate of drug-likeness (QED) is 0.450. The van der Waals surface area contributed by atoms with E-state index in [0.29, 0.717) is 44.3 Å². The van der Waals surface area contributed by atoms with Crippen molar-refractivity contribution in [1.29, 1.82) is 0 Å². The molecule has 1 saturated heterocycles. The van der Waals surface area contributed by atoms with Gasteiger partial charge in [0, 0.05) is 31.7 Å². The normalized spacial score (nSPS) is 17.3. The van der Waals surface area contributed by atoms with Crippen molar-refractivity contribution in [2.45, 2.75) is 26.8 Å². The summed E-state index contributed by atoms with van der Waals surface area (Å²) in [6, 6.07) is 6.22. The first kappa shape index (κ1) is 25.4. The number of aromatic nitrogens is 3. The van der Waals surface area contributed by atoms with Gasteiger partial charge in [0.15, 0.2) is 17.4 Å². The number of fused-ring (bicyclic) bond motifs is 1. The monoisotopic (exact) mass is 525 g/mol. The Morgan fingerprint density at radius 1 is 1.16 bits per heavy atom. The zero-order valence-electron chi connectivity index (χ0n) is 21.3. The van der Waals surface area contributed by atoms with Gasteiger partial charge in [0.25, 0.3) is 0 Å². The van der Waals surface area contributed by atoms with Gasteiger partial charge in [-0.25, -0.2) is 28.5 Å². The Balaban J connectivity index is 1.33. The molecule has 2 aromatic heterocycles. The molecule has 2 aliphatic heterocycles. The van der Waals surface area contributed by atoms with Crippen molar-refractivity contribution in [2.75, 3.05) is 48.3 Å². The van der Waals surface area contributed by atoms with Crippen LogP contribution in [0.15, 0.2) is 36.7 Å². The smallest absolute Gasteiger partial charge is 0.407 e. The SMILES string of the molecule is CC(C)(C)C1CN(c2ccc(Nc3ncc(F)c(-c4cc(F)c5c(c4)NCCO5)n3)nc2)CCN1C(=O)O. The average molecular weight is 526 g/mol. The number of pyridine rings is 1. The molecule has 0 spiro atoms. The number of halogens is 2. The van der Waals surface area contributed by atoms with Gasteiger partial charge >= 0.3 is 6.09 Å². The Bertz CT molecular complexity index is 1350. The molecule has 1 aromatic carbocycles. The fourth-order valence-corrected chi connectivity index (χ4v) is 4.73. The van der Waals surface area contributed by atoms with Gasteiger partial charge in [-0.1, -0.05) is 20.8 Å². The summed E-state index contributed by atoms with van der Waals surface area (Å²) in [4.78, 5) is 28.0. The number of nitrogens with zero attached hydrogens (tertiary/aromatic N) is 5. The summed E-state index contributed by atoms with van der Waals surface area (Å²) in [6.07, 6.45) is 1.80. The van der Waals surface area contributed by atoms with Crippen LogP contribution in [-0.4, -0.2) is 69.9 Å². The van der Waals surface area contributed by atoms with Crippen molar-refractivity contribution in [2.24, 2.45) is 5.41 Å². The molecule has 1 fully saturated rings. The minimum atomic E-state index is -0.913. The molecule has 12 heteroatoms. The molecule has 0 bridgehead atoms. The second-order valence-corrected chi connectivity index (χ2v) is 10.3. The van der Waals surface area contributed by atoms with Crippen LogP contribution in [0.1, 0.15) is 20.8 Å². The fraction of sp³-hybridized carbons (Fsp3) is 0.385. The van der Waals surface area contributed by atoms with E-state index in [1.54, 1.807) is 18.3 Å². The molecule has 0 saturated carbocycles. The van der Waals surface area contributed by atoms with E-state index in [9.17, 15) is 18.7 Å². The van der Waals surface area contributed by atoms with Crippen LogP contribution < -0.4 is 20.3 Å². The molecule has 1 atom stereocenters. The third kappa shape index (κ3) is 5.11. The molecule has 200 valence electrons. The molecule has 3 N–H and O–H groups in total. The molecule has 1 amide bonds. The maximum atomic E-state index is 14.6. The first-order valence-electron chi connectivity index (χ1n) is 12.3. The van der Waals surface area contributed by atoms with Crippen LogP contribution in [-0.2, 0) is 0 Å². The minimum absolute atomic E-state index is 0.0577. The second kappa shape index (κ2) is 9.92. The summed E-state index contributed by atoms with van der Waals surface area (Å²) < 4.78 is 34.5. The third-order valence-corrected chi connectivity index (χ3v) is 6.70. The van der Waals surface area contributed by atoms with Gasteiger partial charge < -0.3 is 30.3 Å². The number of ether oxygens (including phenoxy) is 1. The predicted molar refractivity (Wildman–Crippen MR) is 139 cm³/mol. The maximum Gasteiger partial charge on any atom is 0.407 e. The van der Waals surface area contributed by atoms with E-state index in [4.69, 9.17) is 4.74 Å². The van der Waals surface area contributed by atoms with E-state index in [1.807, 2.05) is 26.8 Å². The molecule has 4 heterocycles. The summed E-state index contributed by atoms with van der Waals surface area (Å²) in [5, 5.41) is 15.6. The summed E-state index contributed by atoms with van der Waals surface area (Å²) in [5.41, 5.74) is 1.26. The summed E-state index contributed by atoms with van der Waals surface area (Å²) >= 11 is 0. The van der Waals surface area contributed by atoms with Gasteiger partial charge in [-0.2, -0.15) is 0 Å². The molecule has 2 aliphatic rings. The van der Waals surface area contributed by atoms with E-state index in [0.717, 1.165) is 11.9 Å². The fourth-order valence-electron chi connectivity index (χ4n) is 4.73. The Morgan fingerprint density at radius 3 is 2.68 bits per heavy atom. The lowest BCUT2D eigenvalue weighted by Gasteiger charge is -2.46. The zero-order valence-corrected chi connectivity index (χ0v) is 21.3. The second-order valence-electron chi connectivity index (χ2n) is 10.3. The average Bonchev–Trinajstić information content (AvgIpc) is 2.89. The van der Waals surface area contributed by atoms with Crippen LogP contribution in [0.4, 0.5) is 36.7 Å². The van der Waals surface area contributed by atoms with Gasteiger partial charge in [-0.15, -0.1) is 0 Å². The van der Waals surface area contributed by atoms with Crippen LogP contribution in [0.25, 0.3) is 11.3 Å². The lowest BCUT2D eigenvalue weighted by atomic mass is 9.84. The van der Waals surface area contributed by atoms with Crippen molar-refractivity contribution in [1.82, 2.24) is 19.9 Å². The summed E-state index contributed by atoms with van der Waals surface area (Å²) in [6.45, 7) is 8.45. The van der Waals surface area contributed by atoms with Crippen LogP contribution >= 0.6 is 0 Å². The number of benzene rings is 1. The maximum absolute atomic E-state index is 14.6. The van der Waals surface area contributed by atoms with E-state index < -0.39 is 17.7 Å². The number of amides is 1. The highest BCUT2D eigenvalue weighted by molar-refractivity contribution is 5.72. The molecule has 3 aromatic rings. The lowest BCUT2D eigenvalue weighted by Crippen LogP contribution is -2.59. The van der Waals surface area contributed by atoms with Crippen molar-refractivity contribution in [3.63, 3.8) is 0 Å². The molecule has 5 rings (SSSR count). The number of rotatable bonds is 4. The third-order valence-electron chi connectivity index (χ3n) is 6.70. The molecule has 0 aliphatic carbocycles. The van der Waals surface area contributed by atoms with E-state index >= 15 is 0 Å². The summed E-state index contributed by atoms with van der Waals surface area (Å²) in [7, 11) is 0. The van der Waals surface area contributed by atoms with E-state index in [2.05, 4.69) is 30.5 Å². The highest BCUT2D eigenvalue weighted by Crippen LogP contribution is 2.36. The predicted octanol–water partition coefficient (Wildman–Crippen LogP) is 4.58. The van der Waals surface area contributed by atoms with Crippen molar-refractivity contribution in [3.8, 4) is 17.0 Å². The molecular formula is C26H29F2N7O3. The number of anilines is 4.